The second-order valence-electron chi connectivity index (χ2n) is 11.3. The number of aliphatic hydroxyl groups is 2. The van der Waals surface area contributed by atoms with E-state index < -0.39 is 17.8 Å². The maximum atomic E-state index is 12.6. The van der Waals surface area contributed by atoms with Gasteiger partial charge in [0.25, 0.3) is 0 Å². The average Bonchev–Trinajstić information content (AvgIpc) is 2.57. The summed E-state index contributed by atoms with van der Waals surface area (Å²) in [5.74, 6) is -0.00457. The first-order chi connectivity index (χ1) is 13.3. The summed E-state index contributed by atoms with van der Waals surface area (Å²) in [7, 11) is 0. The number of fused-ring (bicyclic) bond motifs is 3. The lowest BCUT2D eigenvalue weighted by Crippen LogP contribution is -2.62. The molecule has 0 radical (unpaired) electrons. The molecule has 3 aliphatic carbocycles. The highest BCUT2D eigenvalue weighted by atomic mass is 16.6. The van der Waals surface area contributed by atoms with E-state index in [-0.39, 0.29) is 34.6 Å². The molecule has 3 aliphatic rings. The molecule has 0 aromatic carbocycles. The monoisotopic (exact) mass is 404 g/mol. The number of rotatable bonds is 3. The first kappa shape index (κ1) is 22.6. The van der Waals surface area contributed by atoms with Crippen LogP contribution in [0.15, 0.2) is 23.3 Å². The molecule has 0 saturated heterocycles. The topological polar surface area (TPSA) is 66.8 Å². The minimum atomic E-state index is -0.908. The Morgan fingerprint density at radius 3 is 2.45 bits per heavy atom. The van der Waals surface area contributed by atoms with Crippen molar-refractivity contribution in [3.8, 4) is 0 Å². The van der Waals surface area contributed by atoms with E-state index in [1.54, 1.807) is 0 Å². The van der Waals surface area contributed by atoms with E-state index in [1.165, 1.54) is 6.08 Å². The largest absolute Gasteiger partial charge is 0.456 e. The summed E-state index contributed by atoms with van der Waals surface area (Å²) < 4.78 is 5.97. The number of carbonyl (C=O) groups excluding carboxylic acids is 1. The van der Waals surface area contributed by atoms with Crippen molar-refractivity contribution in [2.75, 3.05) is 0 Å². The highest BCUT2D eigenvalue weighted by Crippen LogP contribution is 2.64. The van der Waals surface area contributed by atoms with Crippen molar-refractivity contribution in [3.63, 3.8) is 0 Å². The second kappa shape index (κ2) is 7.53. The van der Waals surface area contributed by atoms with Crippen LogP contribution in [0.25, 0.3) is 0 Å². The first-order valence-electron chi connectivity index (χ1n) is 11.3. The number of carbonyl (C=O) groups is 1. The Hall–Kier alpha value is -1.13. The Kier molecular flexibility index (Phi) is 5.86. The first-order valence-corrected chi connectivity index (χ1v) is 11.3. The van der Waals surface area contributed by atoms with Gasteiger partial charge in [-0.15, -0.1) is 0 Å². The number of aliphatic hydroxyl groups excluding tert-OH is 1. The fraction of sp³-hybridized carbons (Fsp3) is 0.800. The van der Waals surface area contributed by atoms with E-state index in [9.17, 15) is 15.0 Å². The van der Waals surface area contributed by atoms with Crippen molar-refractivity contribution < 1.29 is 19.7 Å². The normalized spacial score (nSPS) is 41.1. The molecule has 0 aromatic heterocycles. The lowest BCUT2D eigenvalue weighted by Gasteiger charge is -2.62. The van der Waals surface area contributed by atoms with Gasteiger partial charge in [0.05, 0.1) is 5.60 Å². The lowest BCUT2D eigenvalue weighted by atomic mass is 9.44. The van der Waals surface area contributed by atoms with E-state index in [4.69, 9.17) is 4.74 Å². The van der Waals surface area contributed by atoms with Crippen LogP contribution < -0.4 is 0 Å². The molecule has 0 heterocycles. The van der Waals surface area contributed by atoms with Crippen LogP contribution in [0, 0.1) is 28.6 Å². The molecule has 0 amide bonds. The van der Waals surface area contributed by atoms with E-state index in [2.05, 4.69) is 20.8 Å². The van der Waals surface area contributed by atoms with Crippen LogP contribution >= 0.6 is 0 Å². The van der Waals surface area contributed by atoms with Crippen molar-refractivity contribution in [1.29, 1.82) is 0 Å². The molecule has 6 atom stereocenters. The molecule has 0 bridgehead atoms. The second-order valence-corrected chi connectivity index (χ2v) is 11.3. The van der Waals surface area contributed by atoms with Crippen molar-refractivity contribution in [3.05, 3.63) is 23.3 Å². The Morgan fingerprint density at radius 2 is 1.86 bits per heavy atom. The minimum Gasteiger partial charge on any atom is -0.456 e. The quantitative estimate of drug-likeness (QED) is 0.403. The van der Waals surface area contributed by atoms with E-state index >= 15 is 0 Å². The third-order valence-electron chi connectivity index (χ3n) is 8.18. The smallest absolute Gasteiger partial charge is 0.331 e. The molecule has 6 unspecified atom stereocenters. The van der Waals surface area contributed by atoms with Crippen LogP contribution in [0.4, 0.5) is 0 Å². The Morgan fingerprint density at radius 1 is 1.21 bits per heavy atom. The minimum absolute atomic E-state index is 0.0266. The molecule has 2 fully saturated rings. The summed E-state index contributed by atoms with van der Waals surface area (Å²) in [6.45, 7) is 14.6. The molecule has 29 heavy (non-hydrogen) atoms. The van der Waals surface area contributed by atoms with Gasteiger partial charge in [0.15, 0.2) is 0 Å². The third-order valence-corrected chi connectivity index (χ3v) is 8.18. The summed E-state index contributed by atoms with van der Waals surface area (Å²) in [6.07, 6.45) is 6.83. The van der Waals surface area contributed by atoms with Gasteiger partial charge in [0, 0.05) is 12.0 Å². The molecule has 0 spiro atoms. The standard InChI is InChI=1S/C25H40O4/c1-15(2)13-19(26)29-21-20(27)17-14-25(28,16(3)4)12-9-18(17)24(7)11-8-10-23(5,6)22(21)24/h13-14,16,18,20-22,27-28H,8-12H2,1-7H3. The van der Waals surface area contributed by atoms with Gasteiger partial charge in [-0.05, 0) is 67.8 Å². The van der Waals surface area contributed by atoms with Crippen LogP contribution in [0.2, 0.25) is 0 Å². The maximum absolute atomic E-state index is 12.6. The van der Waals surface area contributed by atoms with Crippen molar-refractivity contribution in [1.82, 2.24) is 0 Å². The van der Waals surface area contributed by atoms with E-state index in [0.717, 1.165) is 43.3 Å². The van der Waals surface area contributed by atoms with Crippen LogP contribution in [0.5, 0.6) is 0 Å². The SMILES string of the molecule is CC(C)=CC(=O)OC1C(O)C2=CC(O)(C(C)C)CCC2C2(C)CCCC(C)(C)C12. The molecule has 2 N–H and O–H groups in total. The lowest BCUT2D eigenvalue weighted by molar-refractivity contribution is -0.191. The number of hydrogen-bond donors (Lipinski definition) is 2. The van der Waals surface area contributed by atoms with Crippen molar-refractivity contribution in [2.24, 2.45) is 28.6 Å². The van der Waals surface area contributed by atoms with Gasteiger partial charge in [-0.25, -0.2) is 4.79 Å². The number of ether oxygens (including phenoxy) is 1. The fourth-order valence-electron chi connectivity index (χ4n) is 6.71. The summed E-state index contributed by atoms with van der Waals surface area (Å²) in [4.78, 5) is 12.6. The van der Waals surface area contributed by atoms with Gasteiger partial charge < -0.3 is 14.9 Å². The maximum Gasteiger partial charge on any atom is 0.331 e. The third kappa shape index (κ3) is 3.83. The Balaban J connectivity index is 2.09. The predicted molar refractivity (Wildman–Crippen MR) is 115 cm³/mol. The van der Waals surface area contributed by atoms with Crippen molar-refractivity contribution >= 4 is 5.97 Å². The summed E-state index contributed by atoms with van der Waals surface area (Å²) in [5, 5.41) is 22.6. The van der Waals surface area contributed by atoms with Crippen LogP contribution in [-0.4, -0.2) is 34.0 Å². The average molecular weight is 405 g/mol. The van der Waals surface area contributed by atoms with Gasteiger partial charge >= 0.3 is 5.97 Å². The Labute approximate surface area is 176 Å². The van der Waals surface area contributed by atoms with Gasteiger partial charge in [-0.1, -0.05) is 52.7 Å². The molecular weight excluding hydrogens is 364 g/mol. The van der Waals surface area contributed by atoms with Crippen LogP contribution in [0.3, 0.4) is 0 Å². The van der Waals surface area contributed by atoms with Gasteiger partial charge in [-0.2, -0.15) is 0 Å². The van der Waals surface area contributed by atoms with Crippen molar-refractivity contribution in [2.45, 2.75) is 98.4 Å². The number of allylic oxidation sites excluding steroid dienone is 1. The number of hydrogen-bond acceptors (Lipinski definition) is 4. The van der Waals surface area contributed by atoms with E-state index in [1.807, 2.05) is 33.8 Å². The molecule has 4 nitrogen and oxygen atoms in total. The summed E-state index contributed by atoms with van der Waals surface area (Å²) in [6, 6.07) is 0. The molecule has 0 aliphatic heterocycles. The molecule has 4 heteroatoms. The molecular formula is C25H40O4. The Bertz CT molecular complexity index is 714. The summed E-state index contributed by atoms with van der Waals surface area (Å²) >= 11 is 0. The molecule has 0 aromatic rings. The number of esters is 1. The summed E-state index contributed by atoms with van der Waals surface area (Å²) in [5.41, 5.74) is 0.783. The molecule has 164 valence electrons. The molecule has 3 rings (SSSR count). The van der Waals surface area contributed by atoms with Gasteiger partial charge in [-0.3, -0.25) is 0 Å². The van der Waals surface area contributed by atoms with Crippen LogP contribution in [-0.2, 0) is 9.53 Å². The van der Waals surface area contributed by atoms with Crippen LogP contribution in [0.1, 0.15) is 80.6 Å². The highest BCUT2D eigenvalue weighted by molar-refractivity contribution is 5.82. The van der Waals surface area contributed by atoms with Gasteiger partial charge in [0.2, 0.25) is 0 Å². The van der Waals surface area contributed by atoms with Gasteiger partial charge in [0.1, 0.15) is 12.2 Å². The molecule has 2 saturated carbocycles. The highest BCUT2D eigenvalue weighted by Gasteiger charge is 2.62. The predicted octanol–water partition coefficient (Wildman–Crippen LogP) is 4.80. The fourth-order valence-corrected chi connectivity index (χ4v) is 6.71. The zero-order valence-corrected chi connectivity index (χ0v) is 19.3. The van der Waals surface area contributed by atoms with E-state index in [0.29, 0.717) is 0 Å². The zero-order chi connectivity index (χ0) is 21.8. The zero-order valence-electron chi connectivity index (χ0n) is 19.3.